The number of likely N-dealkylation sites (N-methyl/N-ethyl adjacent to an activating group) is 1. The molecule has 3 rings (SSSR count). The van der Waals surface area contributed by atoms with Crippen molar-refractivity contribution in [2.75, 3.05) is 26.7 Å². The van der Waals surface area contributed by atoms with Crippen LogP contribution in [0.1, 0.15) is 36.8 Å². The highest BCUT2D eigenvalue weighted by molar-refractivity contribution is 5.40. The Bertz CT molecular complexity index is 468. The number of hydrogen-bond acceptors (Lipinski definition) is 3. The van der Waals surface area contributed by atoms with Crippen molar-refractivity contribution in [3.63, 3.8) is 0 Å². The summed E-state index contributed by atoms with van der Waals surface area (Å²) in [4.78, 5) is 2.43. The van der Waals surface area contributed by atoms with Crippen molar-refractivity contribution in [2.45, 2.75) is 51.2 Å². The maximum atomic E-state index is 6.07. The zero-order valence-corrected chi connectivity index (χ0v) is 13.4. The lowest BCUT2D eigenvalue weighted by atomic mass is 10.0. The smallest absolute Gasteiger partial charge is 0.123 e. The first-order valence-electron chi connectivity index (χ1n) is 8.39. The van der Waals surface area contributed by atoms with Gasteiger partial charge in [0.25, 0.3) is 0 Å². The molecule has 3 heteroatoms. The van der Waals surface area contributed by atoms with Gasteiger partial charge in [-0.2, -0.15) is 0 Å². The molecule has 1 saturated heterocycles. The lowest BCUT2D eigenvalue weighted by Gasteiger charge is -2.27. The van der Waals surface area contributed by atoms with Crippen molar-refractivity contribution < 1.29 is 4.74 Å². The number of benzene rings is 1. The summed E-state index contributed by atoms with van der Waals surface area (Å²) >= 11 is 0. The summed E-state index contributed by atoms with van der Waals surface area (Å²) < 4.78 is 6.07. The molecule has 21 heavy (non-hydrogen) atoms. The highest BCUT2D eigenvalue weighted by Gasteiger charge is 2.24. The zero-order chi connectivity index (χ0) is 14.7. The van der Waals surface area contributed by atoms with Crippen molar-refractivity contribution in [2.24, 2.45) is 0 Å². The molecule has 1 fully saturated rings. The maximum absolute atomic E-state index is 6.07. The summed E-state index contributed by atoms with van der Waals surface area (Å²) in [5, 5.41) is 3.63. The van der Waals surface area contributed by atoms with Crippen LogP contribution < -0.4 is 10.1 Å². The number of ether oxygens (including phenoxy) is 1. The zero-order valence-electron chi connectivity index (χ0n) is 13.4. The predicted molar refractivity (Wildman–Crippen MR) is 87.1 cm³/mol. The van der Waals surface area contributed by atoms with Crippen LogP contribution >= 0.6 is 0 Å². The largest absolute Gasteiger partial charge is 0.488 e. The maximum Gasteiger partial charge on any atom is 0.123 e. The Morgan fingerprint density at radius 3 is 3.05 bits per heavy atom. The van der Waals surface area contributed by atoms with Crippen LogP contribution in [0.3, 0.4) is 0 Å². The first-order chi connectivity index (χ1) is 10.2. The molecule has 0 bridgehead atoms. The van der Waals surface area contributed by atoms with Crippen molar-refractivity contribution >= 4 is 0 Å². The summed E-state index contributed by atoms with van der Waals surface area (Å²) in [5.41, 5.74) is 2.71. The number of piperidine rings is 1. The summed E-state index contributed by atoms with van der Waals surface area (Å²) in [6.07, 6.45) is 6.73. The van der Waals surface area contributed by atoms with Gasteiger partial charge >= 0.3 is 0 Å². The third-order valence-corrected chi connectivity index (χ3v) is 4.74. The molecule has 0 saturated carbocycles. The average molecular weight is 288 g/mol. The van der Waals surface area contributed by atoms with Crippen LogP contribution in [0.2, 0.25) is 0 Å². The van der Waals surface area contributed by atoms with Gasteiger partial charge in [0, 0.05) is 19.0 Å². The molecule has 0 amide bonds. The predicted octanol–water partition coefficient (Wildman–Crippen LogP) is 2.76. The summed E-state index contributed by atoms with van der Waals surface area (Å²) in [6.45, 7) is 5.54. The van der Waals surface area contributed by atoms with Gasteiger partial charge in [0.1, 0.15) is 11.9 Å². The summed E-state index contributed by atoms with van der Waals surface area (Å²) in [7, 11) is 2.22. The van der Waals surface area contributed by atoms with Crippen molar-refractivity contribution in [3.05, 3.63) is 29.3 Å². The van der Waals surface area contributed by atoms with E-state index in [1.807, 2.05) is 0 Å². The monoisotopic (exact) mass is 288 g/mol. The van der Waals surface area contributed by atoms with Gasteiger partial charge in [-0.1, -0.05) is 24.1 Å². The fourth-order valence-electron chi connectivity index (χ4n) is 3.54. The Hall–Kier alpha value is -1.06. The molecule has 116 valence electrons. The van der Waals surface area contributed by atoms with E-state index in [0.29, 0.717) is 6.10 Å². The Morgan fingerprint density at radius 2 is 2.24 bits per heavy atom. The number of nitrogens with one attached hydrogen (secondary N) is 1. The molecule has 1 aromatic rings. The molecule has 2 unspecified atom stereocenters. The van der Waals surface area contributed by atoms with Gasteiger partial charge in [-0.3, -0.25) is 0 Å². The second kappa shape index (κ2) is 6.80. The van der Waals surface area contributed by atoms with Crippen LogP contribution in [0, 0.1) is 6.92 Å². The lowest BCUT2D eigenvalue weighted by Crippen LogP contribution is -2.39. The normalized spacial score (nSPS) is 24.9. The number of fused-ring (bicyclic) bond motifs is 1. The van der Waals surface area contributed by atoms with Crippen molar-refractivity contribution in [1.29, 1.82) is 0 Å². The third kappa shape index (κ3) is 3.98. The summed E-state index contributed by atoms with van der Waals surface area (Å²) in [6, 6.07) is 7.25. The number of rotatable bonds is 5. The number of nitrogens with zero attached hydrogens (tertiary/aromatic N) is 1. The molecule has 1 aromatic carbocycles. The minimum Gasteiger partial charge on any atom is -0.488 e. The third-order valence-electron chi connectivity index (χ3n) is 4.74. The van der Waals surface area contributed by atoms with Gasteiger partial charge in [-0.25, -0.2) is 0 Å². The van der Waals surface area contributed by atoms with Gasteiger partial charge in [0.2, 0.25) is 0 Å². The van der Waals surface area contributed by atoms with Crippen LogP contribution in [0.25, 0.3) is 0 Å². The molecule has 1 N–H and O–H groups in total. The molecule has 2 aliphatic rings. The minimum absolute atomic E-state index is 0.325. The fourth-order valence-corrected chi connectivity index (χ4v) is 3.54. The molecule has 2 heterocycles. The van der Waals surface area contributed by atoms with Crippen molar-refractivity contribution in [3.8, 4) is 5.75 Å². The van der Waals surface area contributed by atoms with E-state index in [9.17, 15) is 0 Å². The summed E-state index contributed by atoms with van der Waals surface area (Å²) in [5.74, 6) is 1.09. The average Bonchev–Trinajstić information content (AvgIpc) is 2.87. The topological polar surface area (TPSA) is 24.5 Å². The Labute approximate surface area is 128 Å². The Morgan fingerprint density at radius 1 is 1.33 bits per heavy atom. The van der Waals surface area contributed by atoms with Crippen molar-refractivity contribution in [1.82, 2.24) is 10.2 Å². The van der Waals surface area contributed by atoms with E-state index in [4.69, 9.17) is 4.74 Å². The van der Waals surface area contributed by atoms with Gasteiger partial charge in [-0.05, 0) is 58.0 Å². The molecule has 2 atom stereocenters. The fraction of sp³-hybridized carbons (Fsp3) is 0.667. The lowest BCUT2D eigenvalue weighted by molar-refractivity contribution is 0.163. The van der Waals surface area contributed by atoms with E-state index < -0.39 is 0 Å². The van der Waals surface area contributed by atoms with E-state index >= 15 is 0 Å². The van der Waals surface area contributed by atoms with Crippen LogP contribution in [0.4, 0.5) is 0 Å². The SMILES string of the molecule is Cc1ccc2c(c1)CC(CN(C)CCC1CCCCN1)O2. The second-order valence-corrected chi connectivity index (χ2v) is 6.75. The number of hydrogen-bond donors (Lipinski definition) is 1. The van der Waals surface area contributed by atoms with Gasteiger partial charge in [-0.15, -0.1) is 0 Å². The van der Waals surface area contributed by atoms with Gasteiger partial charge < -0.3 is 15.0 Å². The van der Waals surface area contributed by atoms with Crippen LogP contribution in [0.15, 0.2) is 18.2 Å². The van der Waals surface area contributed by atoms with E-state index in [1.54, 1.807) is 0 Å². The van der Waals surface area contributed by atoms with E-state index in [0.717, 1.165) is 31.3 Å². The molecule has 0 aromatic heterocycles. The number of aryl methyl sites for hydroxylation is 1. The first-order valence-corrected chi connectivity index (χ1v) is 8.39. The molecule has 0 aliphatic carbocycles. The highest BCUT2D eigenvalue weighted by Crippen LogP contribution is 2.29. The standard InChI is InChI=1S/C18H28N2O/c1-14-6-7-18-15(11-14)12-17(21-18)13-20(2)10-8-16-5-3-4-9-19-16/h6-7,11,16-17,19H,3-5,8-10,12-13H2,1-2H3. The molecule has 3 nitrogen and oxygen atoms in total. The molecule has 2 aliphatic heterocycles. The molecule has 0 spiro atoms. The molecule has 0 radical (unpaired) electrons. The van der Waals surface area contributed by atoms with Gasteiger partial charge in [0.05, 0.1) is 0 Å². The molecular formula is C18H28N2O. The van der Waals surface area contributed by atoms with E-state index in [2.05, 4.69) is 42.4 Å². The minimum atomic E-state index is 0.325. The van der Waals surface area contributed by atoms with Crippen LogP contribution in [-0.4, -0.2) is 43.7 Å². The first kappa shape index (κ1) is 14.9. The van der Waals surface area contributed by atoms with Crippen LogP contribution in [-0.2, 0) is 6.42 Å². The Kier molecular flexibility index (Phi) is 4.81. The van der Waals surface area contributed by atoms with E-state index in [-0.39, 0.29) is 0 Å². The molecular weight excluding hydrogens is 260 g/mol. The quantitative estimate of drug-likeness (QED) is 0.901. The highest BCUT2D eigenvalue weighted by atomic mass is 16.5. The Balaban J connectivity index is 1.42. The van der Waals surface area contributed by atoms with Crippen LogP contribution in [0.5, 0.6) is 5.75 Å². The van der Waals surface area contributed by atoms with Gasteiger partial charge in [0.15, 0.2) is 0 Å². The second-order valence-electron chi connectivity index (χ2n) is 6.75. The van der Waals surface area contributed by atoms with E-state index in [1.165, 1.54) is 43.4 Å².